The van der Waals surface area contributed by atoms with Gasteiger partial charge in [-0.15, -0.1) is 0 Å². The van der Waals surface area contributed by atoms with Gasteiger partial charge in [0.25, 0.3) is 0 Å². The van der Waals surface area contributed by atoms with Crippen molar-refractivity contribution in [2.75, 3.05) is 10.6 Å². The van der Waals surface area contributed by atoms with Crippen LogP contribution in [0.3, 0.4) is 0 Å². The number of amides is 1. The Morgan fingerprint density at radius 3 is 2.85 bits per heavy atom. The molecular weight excluding hydrogens is 253 g/mol. The van der Waals surface area contributed by atoms with Crippen LogP contribution in [-0.4, -0.2) is 11.2 Å². The number of hydrogen-bond donors (Lipinski definition) is 1. The lowest BCUT2D eigenvalue weighted by Gasteiger charge is -2.06. The van der Waals surface area contributed by atoms with Gasteiger partial charge in [0.1, 0.15) is 0 Å². The van der Waals surface area contributed by atoms with Crippen LogP contribution >= 0.6 is 27.5 Å². The van der Waals surface area contributed by atoms with Crippen LogP contribution in [0.1, 0.15) is 5.56 Å². The minimum atomic E-state index is -0.0644. The first-order valence-corrected chi connectivity index (χ1v) is 5.25. The third-order valence-electron chi connectivity index (χ3n) is 1.58. The van der Waals surface area contributed by atoms with Gasteiger partial charge >= 0.3 is 0 Å². The molecule has 0 aromatic heterocycles. The van der Waals surface area contributed by atoms with Crippen LogP contribution in [0, 0.1) is 6.92 Å². The van der Waals surface area contributed by atoms with Crippen molar-refractivity contribution in [1.29, 1.82) is 0 Å². The van der Waals surface area contributed by atoms with Crippen molar-refractivity contribution in [1.82, 2.24) is 0 Å². The molecule has 1 aromatic rings. The van der Waals surface area contributed by atoms with Crippen LogP contribution < -0.4 is 5.32 Å². The number of aryl methyl sites for hydroxylation is 1. The van der Waals surface area contributed by atoms with Crippen LogP contribution in [0.4, 0.5) is 5.69 Å². The zero-order chi connectivity index (χ0) is 9.84. The highest BCUT2D eigenvalue weighted by Crippen LogP contribution is 2.19. The van der Waals surface area contributed by atoms with Crippen molar-refractivity contribution in [3.63, 3.8) is 0 Å². The fourth-order valence-electron chi connectivity index (χ4n) is 0.951. The van der Waals surface area contributed by atoms with Gasteiger partial charge in [-0.2, -0.15) is 0 Å². The Labute approximate surface area is 90.4 Å². The van der Waals surface area contributed by atoms with E-state index in [4.69, 9.17) is 11.6 Å². The summed E-state index contributed by atoms with van der Waals surface area (Å²) in [5.74, 6) is -0.0644. The molecule has 2 nitrogen and oxygen atoms in total. The maximum Gasteiger partial charge on any atom is 0.235 e. The van der Waals surface area contributed by atoms with Crippen LogP contribution in [-0.2, 0) is 4.79 Å². The second-order valence-corrected chi connectivity index (χ2v) is 3.64. The fraction of sp³-hybridized carbons (Fsp3) is 0.222. The van der Waals surface area contributed by atoms with E-state index in [1.54, 1.807) is 12.1 Å². The van der Waals surface area contributed by atoms with Gasteiger partial charge in [-0.1, -0.05) is 27.5 Å². The molecule has 0 unspecified atom stereocenters. The zero-order valence-electron chi connectivity index (χ0n) is 7.10. The molecule has 0 spiro atoms. The molecule has 4 heteroatoms. The average Bonchev–Trinajstić information content (AvgIpc) is 2.09. The number of nitrogens with one attached hydrogen (secondary N) is 1. The number of benzene rings is 1. The molecule has 0 aliphatic carbocycles. The van der Waals surface area contributed by atoms with Crippen LogP contribution in [0.5, 0.6) is 0 Å². The molecule has 1 N–H and O–H groups in total. The molecule has 1 aromatic carbocycles. The molecule has 0 aliphatic heterocycles. The number of anilines is 1. The van der Waals surface area contributed by atoms with Crippen molar-refractivity contribution in [3.05, 3.63) is 28.8 Å². The number of carbonyl (C=O) groups excluding carboxylic acids is 1. The minimum absolute atomic E-state index is 0.0644. The summed E-state index contributed by atoms with van der Waals surface area (Å²) in [6.07, 6.45) is 0. The van der Waals surface area contributed by atoms with Crippen molar-refractivity contribution in [2.24, 2.45) is 0 Å². The summed E-state index contributed by atoms with van der Waals surface area (Å²) in [4.78, 5) is 11.0. The largest absolute Gasteiger partial charge is 0.325 e. The van der Waals surface area contributed by atoms with Crippen LogP contribution in [0.2, 0.25) is 5.02 Å². The Bertz CT molecular complexity index is 327. The topological polar surface area (TPSA) is 29.1 Å². The quantitative estimate of drug-likeness (QED) is 0.816. The number of carbonyl (C=O) groups is 1. The van der Waals surface area contributed by atoms with E-state index in [1.165, 1.54) is 0 Å². The maximum absolute atomic E-state index is 11.0. The van der Waals surface area contributed by atoms with Crippen molar-refractivity contribution < 1.29 is 4.79 Å². The molecule has 1 amide bonds. The van der Waals surface area contributed by atoms with E-state index in [0.717, 1.165) is 11.3 Å². The maximum atomic E-state index is 11.0. The van der Waals surface area contributed by atoms with Gasteiger partial charge in [-0.25, -0.2) is 0 Å². The molecule has 0 aliphatic rings. The number of halogens is 2. The van der Waals surface area contributed by atoms with Crippen molar-refractivity contribution in [2.45, 2.75) is 6.92 Å². The summed E-state index contributed by atoms with van der Waals surface area (Å²) < 4.78 is 0. The Kier molecular flexibility index (Phi) is 3.75. The van der Waals surface area contributed by atoms with E-state index in [2.05, 4.69) is 21.2 Å². The molecule has 0 fully saturated rings. The molecule has 0 atom stereocenters. The van der Waals surface area contributed by atoms with Gasteiger partial charge in [-0.05, 0) is 30.7 Å². The first kappa shape index (κ1) is 10.5. The number of hydrogen-bond acceptors (Lipinski definition) is 1. The van der Waals surface area contributed by atoms with E-state index in [9.17, 15) is 4.79 Å². The SMILES string of the molecule is Cc1cc(Cl)ccc1NC(=O)CBr. The highest BCUT2D eigenvalue weighted by molar-refractivity contribution is 9.09. The van der Waals surface area contributed by atoms with E-state index in [-0.39, 0.29) is 5.91 Å². The molecule has 0 saturated carbocycles. The Morgan fingerprint density at radius 1 is 1.62 bits per heavy atom. The summed E-state index contributed by atoms with van der Waals surface area (Å²) >= 11 is 8.84. The summed E-state index contributed by atoms with van der Waals surface area (Å²) in [7, 11) is 0. The lowest BCUT2D eigenvalue weighted by molar-refractivity contribution is -0.113. The molecule has 13 heavy (non-hydrogen) atoms. The zero-order valence-corrected chi connectivity index (χ0v) is 9.45. The van der Waals surface area contributed by atoms with E-state index in [1.807, 2.05) is 13.0 Å². The molecule has 0 heterocycles. The molecular formula is C9H9BrClNO. The second-order valence-electron chi connectivity index (χ2n) is 2.64. The van der Waals surface area contributed by atoms with E-state index >= 15 is 0 Å². The molecule has 0 bridgehead atoms. The first-order valence-electron chi connectivity index (χ1n) is 3.75. The van der Waals surface area contributed by atoms with Gasteiger partial charge in [-0.3, -0.25) is 4.79 Å². The van der Waals surface area contributed by atoms with E-state index in [0.29, 0.717) is 10.4 Å². The molecule has 1 rings (SSSR count). The normalized spacial score (nSPS) is 9.77. The molecule has 0 radical (unpaired) electrons. The van der Waals surface area contributed by atoms with E-state index < -0.39 is 0 Å². The summed E-state index contributed by atoms with van der Waals surface area (Å²) in [5.41, 5.74) is 1.76. The summed E-state index contributed by atoms with van der Waals surface area (Å²) in [6.45, 7) is 1.90. The molecule has 70 valence electrons. The van der Waals surface area contributed by atoms with Crippen molar-refractivity contribution >= 4 is 39.1 Å². The minimum Gasteiger partial charge on any atom is -0.325 e. The monoisotopic (exact) mass is 261 g/mol. The average molecular weight is 263 g/mol. The lowest BCUT2D eigenvalue weighted by atomic mass is 10.2. The first-order chi connectivity index (χ1) is 6.13. The molecule has 0 saturated heterocycles. The second kappa shape index (κ2) is 4.63. The lowest BCUT2D eigenvalue weighted by Crippen LogP contribution is -2.12. The Morgan fingerprint density at radius 2 is 2.31 bits per heavy atom. The van der Waals surface area contributed by atoms with Crippen LogP contribution in [0.25, 0.3) is 0 Å². The predicted molar refractivity (Wildman–Crippen MR) is 58.6 cm³/mol. The van der Waals surface area contributed by atoms with Crippen LogP contribution in [0.15, 0.2) is 18.2 Å². The van der Waals surface area contributed by atoms with Gasteiger partial charge in [0.2, 0.25) is 5.91 Å². The summed E-state index contributed by atoms with van der Waals surface area (Å²) in [6, 6.07) is 5.35. The third-order valence-corrected chi connectivity index (χ3v) is 2.33. The fourth-order valence-corrected chi connectivity index (χ4v) is 1.32. The summed E-state index contributed by atoms with van der Waals surface area (Å²) in [5, 5.41) is 3.72. The van der Waals surface area contributed by atoms with Gasteiger partial charge in [0, 0.05) is 10.7 Å². The Balaban J connectivity index is 2.83. The highest BCUT2D eigenvalue weighted by atomic mass is 79.9. The van der Waals surface area contributed by atoms with Gasteiger partial charge < -0.3 is 5.32 Å². The smallest absolute Gasteiger partial charge is 0.235 e. The van der Waals surface area contributed by atoms with Crippen molar-refractivity contribution in [3.8, 4) is 0 Å². The van der Waals surface area contributed by atoms with Gasteiger partial charge in [0.15, 0.2) is 0 Å². The van der Waals surface area contributed by atoms with Gasteiger partial charge in [0.05, 0.1) is 5.33 Å². The predicted octanol–water partition coefficient (Wildman–Crippen LogP) is 2.98. The number of alkyl halides is 1. The Hall–Kier alpha value is -0.540. The highest BCUT2D eigenvalue weighted by Gasteiger charge is 2.02. The number of rotatable bonds is 2. The standard InChI is InChI=1S/C9H9BrClNO/c1-6-4-7(11)2-3-8(6)12-9(13)5-10/h2-4H,5H2,1H3,(H,12,13). The third kappa shape index (κ3) is 3.01.